The molecule has 0 atom stereocenters. The lowest BCUT2D eigenvalue weighted by Gasteiger charge is -2.19. The topological polar surface area (TPSA) is 23.0 Å². The van der Waals surface area contributed by atoms with E-state index in [2.05, 4.69) is 59.4 Å². The first-order valence-electron chi connectivity index (χ1n) is 21.0. The molecule has 0 aliphatic carbocycles. The van der Waals surface area contributed by atoms with Gasteiger partial charge < -0.3 is 13.6 Å². The first kappa shape index (κ1) is 43.8. The summed E-state index contributed by atoms with van der Waals surface area (Å²) in [6, 6.07) is 30.5. The molecule has 0 aliphatic heterocycles. The van der Waals surface area contributed by atoms with Gasteiger partial charge in [-0.15, -0.1) is 44.1 Å². The van der Waals surface area contributed by atoms with Crippen LogP contribution in [0, 0.1) is 0 Å². The third-order valence-electron chi connectivity index (χ3n) is 13.1. The van der Waals surface area contributed by atoms with E-state index in [0.29, 0.717) is 65.0 Å². The smallest absolute Gasteiger partial charge is 0.141 e. The molecule has 0 unspecified atom stereocenters. The highest BCUT2D eigenvalue weighted by Crippen LogP contribution is 2.45. The normalized spacial score (nSPS) is 11.9. The van der Waals surface area contributed by atoms with Gasteiger partial charge in [0.1, 0.15) is 113 Å². The summed E-state index contributed by atoms with van der Waals surface area (Å²) in [5.41, 5.74) is 9.56. The van der Waals surface area contributed by atoms with E-state index in [1.807, 2.05) is 42.5 Å². The van der Waals surface area contributed by atoms with E-state index in [0.717, 1.165) is 54.0 Å². The van der Waals surface area contributed by atoms with E-state index in [1.54, 1.807) is 6.07 Å². The van der Waals surface area contributed by atoms with E-state index in [9.17, 15) is 0 Å². The molecule has 0 spiro atoms. The lowest BCUT2D eigenvalue weighted by Crippen LogP contribution is -2.47. The number of fused-ring (bicyclic) bond motifs is 13. The maximum Gasteiger partial charge on any atom is 0.141 e. The summed E-state index contributed by atoms with van der Waals surface area (Å²) in [4.78, 5) is 0. The number of benzene rings is 8. The van der Waals surface area contributed by atoms with Gasteiger partial charge in [-0.25, -0.2) is 0 Å². The quantitative estimate of drug-likeness (QED) is 0.196. The number of para-hydroxylation sites is 2. The molecule has 3 nitrogen and oxygen atoms in total. The lowest BCUT2D eigenvalue weighted by molar-refractivity contribution is 0.673. The Labute approximate surface area is 409 Å². The summed E-state index contributed by atoms with van der Waals surface area (Å²) in [7, 11) is 91.0. The summed E-state index contributed by atoms with van der Waals surface area (Å²) in [5, 5.41) is 5.94. The fourth-order valence-corrected chi connectivity index (χ4v) is 11.3. The molecule has 18 heteroatoms. The van der Waals surface area contributed by atoms with Crippen molar-refractivity contribution in [2.75, 3.05) is 0 Å². The molecular weight excluding hydrogens is 816 g/mol. The number of aromatic nitrogens is 2. The van der Waals surface area contributed by atoms with Gasteiger partial charge in [0.2, 0.25) is 0 Å². The lowest BCUT2D eigenvalue weighted by atomic mass is 9.64. The first-order valence-corrected chi connectivity index (χ1v) is 21.8. The number of thiophene rings is 1. The zero-order chi connectivity index (χ0) is 47.2. The molecule has 8 aromatic carbocycles. The van der Waals surface area contributed by atoms with Gasteiger partial charge in [-0.3, -0.25) is 0 Å². The van der Waals surface area contributed by atoms with Crippen molar-refractivity contribution < 1.29 is 4.42 Å². The largest absolute Gasteiger partial charge is 0.456 e. The van der Waals surface area contributed by atoms with Crippen LogP contribution in [0.2, 0.25) is 6.82 Å². The predicted molar refractivity (Wildman–Crippen MR) is 302 cm³/mol. The van der Waals surface area contributed by atoms with Crippen LogP contribution < -0.4 is 71.0 Å². The van der Waals surface area contributed by atoms with Gasteiger partial charge in [0, 0.05) is 48.3 Å². The SMILES string of the molecule is [B]C.[B]c1cc2c(sc3c(-n4c5ccc(-c6c([B])c([B])c([B])c7c6oc6c([B])c([B])c([B])c([B])c67)cc5c5c6c7ccccc7n(-c7ccccc7)c6ccc54)c([B])c([B])c([B])c32)c([B])c1[B]. The van der Waals surface area contributed by atoms with Crippen LogP contribution in [0.3, 0.4) is 0 Å². The molecule has 0 aliphatic rings. The molecule has 0 amide bonds. The van der Waals surface area contributed by atoms with Crippen molar-refractivity contribution in [1.29, 1.82) is 0 Å². The third-order valence-corrected chi connectivity index (χ3v) is 14.4. The third kappa shape index (κ3) is 5.84. The van der Waals surface area contributed by atoms with E-state index in [-0.39, 0.29) is 60.2 Å². The highest BCUT2D eigenvalue weighted by Gasteiger charge is 2.27. The summed E-state index contributed by atoms with van der Waals surface area (Å²) in [5.74, 6) is 0. The average molecular weight is 834 g/mol. The van der Waals surface area contributed by atoms with Crippen molar-refractivity contribution >= 4 is 278 Å². The van der Waals surface area contributed by atoms with Crippen LogP contribution in [0.25, 0.3) is 108 Å². The van der Waals surface area contributed by atoms with Crippen LogP contribution in [0.15, 0.2) is 95.4 Å². The van der Waals surface area contributed by atoms with Crippen molar-refractivity contribution in [3.63, 3.8) is 0 Å². The molecule has 0 saturated carbocycles. The first-order chi connectivity index (χ1) is 32.2. The second kappa shape index (κ2) is 15.7. The minimum absolute atomic E-state index is 0.0907. The standard InChI is InChI=1S/C48H15B13N2OS.CH3B/c49-21-15-20-29-34(52)39(57)41(59)44(48(29)65-47(20)43(61)32(21)50)63-23-11-10-16(26-33(51)37(55)35(53)30-31-36(54)38(56)40(58)42(60)46(31)64-45(26)30)14-19(23)28-25(63)13-12-24-27(28)18-8-4-5-9-22(18)62(24)17-6-2-1-3-7-17;1-2/h1-15H;1H3. The summed E-state index contributed by atoms with van der Waals surface area (Å²) >= 11 is 1.42. The van der Waals surface area contributed by atoms with E-state index in [4.69, 9.17) is 106 Å². The summed E-state index contributed by atoms with van der Waals surface area (Å²) < 4.78 is 12.4. The molecule has 4 aromatic heterocycles. The second-order valence-corrected chi connectivity index (χ2v) is 17.5. The highest BCUT2D eigenvalue weighted by atomic mass is 32.1. The van der Waals surface area contributed by atoms with Gasteiger partial charge in [0.05, 0.1) is 40.3 Å². The van der Waals surface area contributed by atoms with Crippen LogP contribution in [-0.4, -0.2) is 119 Å². The van der Waals surface area contributed by atoms with Crippen molar-refractivity contribution in [2.24, 2.45) is 0 Å². The molecule has 28 radical (unpaired) electrons. The Kier molecular flexibility index (Phi) is 10.3. The van der Waals surface area contributed by atoms with Crippen LogP contribution in [0.1, 0.15) is 0 Å². The maximum atomic E-state index is 7.15. The van der Waals surface area contributed by atoms with E-state index in [1.165, 1.54) is 18.2 Å². The van der Waals surface area contributed by atoms with Crippen LogP contribution in [0.5, 0.6) is 0 Å². The Balaban J connectivity index is 0.00000244. The molecule has 0 bridgehead atoms. The van der Waals surface area contributed by atoms with Crippen LogP contribution in [0.4, 0.5) is 0 Å². The van der Waals surface area contributed by atoms with Gasteiger partial charge in [-0.2, -0.15) is 0 Å². The van der Waals surface area contributed by atoms with Crippen molar-refractivity contribution in [3.05, 3.63) is 91.0 Å². The molecule has 0 fully saturated rings. The summed E-state index contributed by atoms with van der Waals surface area (Å²) in [6.07, 6.45) is 0. The van der Waals surface area contributed by atoms with Gasteiger partial charge in [-0.1, -0.05) is 93.6 Å². The minimum atomic E-state index is 0.0907. The number of furan rings is 1. The monoisotopic (exact) mass is 836 g/mol. The Morgan fingerprint density at radius 2 is 0.940 bits per heavy atom. The number of rotatable bonds is 3. The predicted octanol–water partition coefficient (Wildman–Crippen LogP) is -1.66. The van der Waals surface area contributed by atoms with Gasteiger partial charge >= 0.3 is 0 Å². The van der Waals surface area contributed by atoms with Crippen LogP contribution in [-0.2, 0) is 0 Å². The van der Waals surface area contributed by atoms with Gasteiger partial charge in [0.25, 0.3) is 0 Å². The number of hydrogen-bond donors (Lipinski definition) is 0. The van der Waals surface area contributed by atoms with Crippen molar-refractivity contribution in [1.82, 2.24) is 9.13 Å². The van der Waals surface area contributed by atoms with E-state index >= 15 is 0 Å². The molecule has 0 N–H and O–H groups in total. The zero-order valence-electron chi connectivity index (χ0n) is 36.0. The zero-order valence-corrected chi connectivity index (χ0v) is 36.8. The number of hydrogen-bond acceptors (Lipinski definition) is 2. The highest BCUT2D eigenvalue weighted by molar-refractivity contribution is 7.27. The maximum absolute atomic E-state index is 7.15. The molecule has 12 aromatic rings. The van der Waals surface area contributed by atoms with Gasteiger partial charge in [-0.05, 0) is 58.8 Å². The van der Waals surface area contributed by atoms with E-state index < -0.39 is 0 Å². The Hall–Kier alpha value is -5.71. The molecule has 4 heterocycles. The van der Waals surface area contributed by atoms with Crippen molar-refractivity contribution in [2.45, 2.75) is 6.82 Å². The average Bonchev–Trinajstić information content (AvgIpc) is 4.10. The van der Waals surface area contributed by atoms with Crippen LogP contribution >= 0.6 is 11.3 Å². The second-order valence-electron chi connectivity index (χ2n) is 16.5. The fraction of sp³-hybridized carbons (Fsp3) is 0.0204. The molecule has 67 heavy (non-hydrogen) atoms. The Bertz CT molecular complexity index is 4170. The van der Waals surface area contributed by atoms with Crippen molar-refractivity contribution in [3.8, 4) is 22.5 Å². The Morgan fingerprint density at radius 1 is 0.388 bits per heavy atom. The minimum Gasteiger partial charge on any atom is -0.456 e. The summed E-state index contributed by atoms with van der Waals surface area (Å²) in [6.45, 7) is 1.50. The molecule has 278 valence electrons. The molecule has 0 saturated heterocycles. The molecular formula is C49H18B14N2OS. The fourth-order valence-electron chi connectivity index (χ4n) is 9.98. The molecule has 12 rings (SSSR count). The van der Waals surface area contributed by atoms with Gasteiger partial charge in [0.15, 0.2) is 0 Å². The number of nitrogens with zero attached hydrogens (tertiary/aromatic N) is 2. The Morgan fingerprint density at radius 3 is 1.66 bits per heavy atom.